The van der Waals surface area contributed by atoms with Crippen LogP contribution in [0, 0.1) is 5.82 Å². The van der Waals surface area contributed by atoms with Crippen LogP contribution in [0.15, 0.2) is 42.5 Å². The molecule has 0 heterocycles. The van der Waals surface area contributed by atoms with E-state index in [0.717, 1.165) is 17.7 Å². The van der Waals surface area contributed by atoms with Gasteiger partial charge in [0.05, 0.1) is 18.2 Å². The average Bonchev–Trinajstić information content (AvgIpc) is 2.46. The summed E-state index contributed by atoms with van der Waals surface area (Å²) in [7, 11) is 1.58. The number of methoxy groups -OCH3 is 1. The average molecular weight is 294 g/mol. The van der Waals surface area contributed by atoms with Gasteiger partial charge in [0.2, 0.25) is 0 Å². The number of halogens is 2. The van der Waals surface area contributed by atoms with Gasteiger partial charge in [-0.05, 0) is 42.3 Å². The van der Waals surface area contributed by atoms with E-state index >= 15 is 0 Å². The van der Waals surface area contributed by atoms with Gasteiger partial charge in [0, 0.05) is 5.69 Å². The van der Waals surface area contributed by atoms with Crippen molar-refractivity contribution in [2.75, 3.05) is 12.4 Å². The topological polar surface area (TPSA) is 21.3 Å². The van der Waals surface area contributed by atoms with Gasteiger partial charge in [-0.2, -0.15) is 0 Å². The molecule has 0 bridgehead atoms. The Bertz CT molecular complexity index is 571. The molecule has 0 amide bonds. The Morgan fingerprint density at radius 1 is 1.20 bits per heavy atom. The van der Waals surface area contributed by atoms with Crippen LogP contribution in [0.1, 0.15) is 24.9 Å². The Morgan fingerprint density at radius 3 is 2.45 bits per heavy atom. The van der Waals surface area contributed by atoms with Gasteiger partial charge in [-0.3, -0.25) is 0 Å². The number of ether oxygens (including phenoxy) is 1. The van der Waals surface area contributed by atoms with E-state index in [1.807, 2.05) is 18.2 Å². The van der Waals surface area contributed by atoms with E-state index in [1.165, 1.54) is 12.1 Å². The summed E-state index contributed by atoms with van der Waals surface area (Å²) in [6.45, 7) is 2.08. The first-order valence-electron chi connectivity index (χ1n) is 6.49. The molecule has 0 radical (unpaired) electrons. The maximum absolute atomic E-state index is 13.0. The number of nitrogens with one attached hydrogen (secondary N) is 1. The molecule has 2 aromatic carbocycles. The minimum absolute atomic E-state index is 0.111. The first kappa shape index (κ1) is 14.7. The first-order valence-corrected chi connectivity index (χ1v) is 6.87. The smallest absolute Gasteiger partial charge is 0.137 e. The molecule has 2 aromatic rings. The molecule has 0 aliphatic carbocycles. The minimum atomic E-state index is -0.226. The van der Waals surface area contributed by atoms with Crippen LogP contribution < -0.4 is 10.1 Å². The summed E-state index contributed by atoms with van der Waals surface area (Å²) in [6, 6.07) is 12.2. The van der Waals surface area contributed by atoms with Crippen LogP contribution in [0.5, 0.6) is 5.75 Å². The van der Waals surface area contributed by atoms with E-state index in [2.05, 4.69) is 12.2 Å². The van der Waals surface area contributed by atoms with Gasteiger partial charge in [0.25, 0.3) is 0 Å². The van der Waals surface area contributed by atoms with Gasteiger partial charge in [0.15, 0.2) is 0 Å². The highest BCUT2D eigenvalue weighted by atomic mass is 35.5. The summed E-state index contributed by atoms with van der Waals surface area (Å²) in [5.74, 6) is 0.420. The molecular formula is C16H17ClFNO. The quantitative estimate of drug-likeness (QED) is 0.833. The van der Waals surface area contributed by atoms with Gasteiger partial charge in [0.1, 0.15) is 11.6 Å². The van der Waals surface area contributed by atoms with Crippen LogP contribution in [0.25, 0.3) is 0 Å². The Labute approximate surface area is 123 Å². The lowest BCUT2D eigenvalue weighted by Crippen LogP contribution is -2.09. The molecule has 0 aromatic heterocycles. The molecule has 0 aliphatic rings. The van der Waals surface area contributed by atoms with Crippen molar-refractivity contribution in [3.8, 4) is 5.75 Å². The van der Waals surface area contributed by atoms with Crippen molar-refractivity contribution in [2.45, 2.75) is 19.4 Å². The summed E-state index contributed by atoms with van der Waals surface area (Å²) < 4.78 is 18.1. The van der Waals surface area contributed by atoms with Crippen molar-refractivity contribution in [1.82, 2.24) is 0 Å². The SMILES string of the molecule is CCC(Nc1ccc(OC)c(Cl)c1)c1ccc(F)cc1. The molecule has 2 nitrogen and oxygen atoms in total. The highest BCUT2D eigenvalue weighted by Gasteiger charge is 2.10. The zero-order valence-electron chi connectivity index (χ0n) is 11.5. The molecule has 0 saturated heterocycles. The molecular weight excluding hydrogens is 277 g/mol. The van der Waals surface area contributed by atoms with Crippen molar-refractivity contribution >= 4 is 17.3 Å². The van der Waals surface area contributed by atoms with E-state index in [4.69, 9.17) is 16.3 Å². The van der Waals surface area contributed by atoms with E-state index < -0.39 is 0 Å². The highest BCUT2D eigenvalue weighted by molar-refractivity contribution is 6.32. The second-order valence-corrected chi connectivity index (χ2v) is 4.91. The molecule has 1 N–H and O–H groups in total. The number of hydrogen-bond acceptors (Lipinski definition) is 2. The van der Waals surface area contributed by atoms with Crippen molar-refractivity contribution in [3.63, 3.8) is 0 Å². The Balaban J connectivity index is 2.17. The largest absolute Gasteiger partial charge is 0.495 e. The lowest BCUT2D eigenvalue weighted by atomic mass is 10.0. The Kier molecular flexibility index (Phi) is 4.85. The molecule has 0 spiro atoms. The number of anilines is 1. The van der Waals surface area contributed by atoms with Crippen LogP contribution in [-0.4, -0.2) is 7.11 Å². The lowest BCUT2D eigenvalue weighted by molar-refractivity contribution is 0.415. The molecule has 0 fully saturated rings. The van der Waals surface area contributed by atoms with Crippen LogP contribution in [-0.2, 0) is 0 Å². The Hall–Kier alpha value is -1.74. The van der Waals surface area contributed by atoms with Gasteiger partial charge in [-0.25, -0.2) is 4.39 Å². The highest BCUT2D eigenvalue weighted by Crippen LogP contribution is 2.30. The van der Waals surface area contributed by atoms with Crippen molar-refractivity contribution in [1.29, 1.82) is 0 Å². The summed E-state index contributed by atoms with van der Waals surface area (Å²) in [4.78, 5) is 0. The van der Waals surface area contributed by atoms with Crippen LogP contribution in [0.3, 0.4) is 0 Å². The van der Waals surface area contributed by atoms with Crippen LogP contribution in [0.2, 0.25) is 5.02 Å². The third-order valence-electron chi connectivity index (χ3n) is 3.17. The van der Waals surface area contributed by atoms with Crippen LogP contribution in [0.4, 0.5) is 10.1 Å². The van der Waals surface area contributed by atoms with Gasteiger partial charge >= 0.3 is 0 Å². The summed E-state index contributed by atoms with van der Waals surface area (Å²) >= 11 is 6.11. The molecule has 0 saturated carbocycles. The fraction of sp³-hybridized carbons (Fsp3) is 0.250. The summed E-state index contributed by atoms with van der Waals surface area (Å²) in [6.07, 6.45) is 0.884. The molecule has 0 aliphatic heterocycles. The van der Waals surface area contributed by atoms with Crippen LogP contribution >= 0.6 is 11.6 Å². The van der Waals surface area contributed by atoms with E-state index in [9.17, 15) is 4.39 Å². The number of benzene rings is 2. The minimum Gasteiger partial charge on any atom is -0.495 e. The predicted octanol–water partition coefficient (Wildman–Crippen LogP) is 5.05. The summed E-state index contributed by atoms with van der Waals surface area (Å²) in [5, 5.41) is 3.96. The lowest BCUT2D eigenvalue weighted by Gasteiger charge is -2.19. The third-order valence-corrected chi connectivity index (χ3v) is 3.47. The molecule has 4 heteroatoms. The predicted molar refractivity (Wildman–Crippen MR) is 81.1 cm³/mol. The van der Waals surface area contributed by atoms with Crippen molar-refractivity contribution < 1.29 is 9.13 Å². The number of hydrogen-bond donors (Lipinski definition) is 1. The fourth-order valence-electron chi connectivity index (χ4n) is 2.07. The molecule has 1 atom stereocenters. The maximum atomic E-state index is 13.0. The van der Waals surface area contributed by atoms with E-state index in [1.54, 1.807) is 19.2 Å². The molecule has 20 heavy (non-hydrogen) atoms. The van der Waals surface area contributed by atoms with Gasteiger partial charge < -0.3 is 10.1 Å². The van der Waals surface area contributed by atoms with Gasteiger partial charge in [-0.1, -0.05) is 30.7 Å². The fourth-order valence-corrected chi connectivity index (χ4v) is 2.33. The molecule has 1 unspecified atom stereocenters. The van der Waals surface area contributed by atoms with Crippen molar-refractivity contribution in [3.05, 3.63) is 58.9 Å². The monoisotopic (exact) mass is 293 g/mol. The third kappa shape index (κ3) is 3.42. The van der Waals surface area contributed by atoms with Crippen molar-refractivity contribution in [2.24, 2.45) is 0 Å². The first-order chi connectivity index (χ1) is 9.63. The second-order valence-electron chi connectivity index (χ2n) is 4.51. The zero-order valence-corrected chi connectivity index (χ0v) is 12.2. The van der Waals surface area contributed by atoms with E-state index in [0.29, 0.717) is 10.8 Å². The zero-order chi connectivity index (χ0) is 14.5. The van der Waals surface area contributed by atoms with Gasteiger partial charge in [-0.15, -0.1) is 0 Å². The number of rotatable bonds is 5. The molecule has 2 rings (SSSR count). The maximum Gasteiger partial charge on any atom is 0.137 e. The second kappa shape index (κ2) is 6.62. The van der Waals surface area contributed by atoms with E-state index in [-0.39, 0.29) is 11.9 Å². The Morgan fingerprint density at radius 2 is 1.90 bits per heavy atom. The standard InChI is InChI=1S/C16H17ClFNO/c1-3-15(11-4-6-12(18)7-5-11)19-13-8-9-16(20-2)14(17)10-13/h4-10,15,19H,3H2,1-2H3. The normalized spacial score (nSPS) is 12.0. The summed E-state index contributed by atoms with van der Waals surface area (Å²) in [5.41, 5.74) is 1.95. The molecule has 106 valence electrons.